The molecule has 0 radical (unpaired) electrons. The van der Waals surface area contributed by atoms with Crippen molar-refractivity contribution in [3.8, 4) is 0 Å². The van der Waals surface area contributed by atoms with Crippen molar-refractivity contribution < 1.29 is 9.90 Å². The Bertz CT molecular complexity index is 733. The van der Waals surface area contributed by atoms with Crippen LogP contribution in [0.4, 0.5) is 11.6 Å². The molecule has 122 valence electrons. The third-order valence-corrected chi connectivity index (χ3v) is 3.89. The van der Waals surface area contributed by atoms with Crippen molar-refractivity contribution in [2.24, 2.45) is 0 Å². The van der Waals surface area contributed by atoms with Gasteiger partial charge in [0, 0.05) is 26.2 Å². The molecule has 8 nitrogen and oxygen atoms in total. The zero-order chi connectivity index (χ0) is 16.4. The zero-order valence-electron chi connectivity index (χ0n) is 12.7. The van der Waals surface area contributed by atoms with Crippen LogP contribution in [-0.4, -0.2) is 70.7 Å². The maximum Gasteiger partial charge on any atom is 0.251 e. The number of rotatable bonds is 3. The van der Waals surface area contributed by atoms with Crippen molar-refractivity contribution in [3.63, 3.8) is 0 Å². The molecular weight excluding hydrogens is 320 g/mol. The SMILES string of the molecule is CN1CCN(c2nc3ccc(Cl)nc3nc2NC(=O)CO)CC1. The molecule has 23 heavy (non-hydrogen) atoms. The van der Waals surface area contributed by atoms with Crippen molar-refractivity contribution in [1.29, 1.82) is 0 Å². The van der Waals surface area contributed by atoms with Gasteiger partial charge in [-0.15, -0.1) is 0 Å². The lowest BCUT2D eigenvalue weighted by Gasteiger charge is -2.33. The van der Waals surface area contributed by atoms with Crippen molar-refractivity contribution in [2.75, 3.05) is 50.1 Å². The number of halogens is 1. The average molecular weight is 337 g/mol. The lowest BCUT2D eigenvalue weighted by atomic mass is 10.3. The average Bonchev–Trinajstić information content (AvgIpc) is 2.55. The number of fused-ring (bicyclic) bond motifs is 1. The maximum absolute atomic E-state index is 11.6. The van der Waals surface area contributed by atoms with Crippen LogP contribution in [0.1, 0.15) is 0 Å². The number of carbonyl (C=O) groups excluding carboxylic acids is 1. The molecule has 9 heteroatoms. The van der Waals surface area contributed by atoms with Crippen LogP contribution in [0.5, 0.6) is 0 Å². The molecule has 2 N–H and O–H groups in total. The number of hydrogen-bond donors (Lipinski definition) is 2. The largest absolute Gasteiger partial charge is 0.387 e. The second kappa shape index (κ2) is 6.61. The number of aliphatic hydroxyl groups excluding tert-OH is 1. The van der Waals surface area contributed by atoms with Gasteiger partial charge in [0.25, 0.3) is 5.91 Å². The molecule has 0 atom stereocenters. The predicted molar refractivity (Wildman–Crippen MR) is 87.8 cm³/mol. The van der Waals surface area contributed by atoms with Crippen LogP contribution < -0.4 is 10.2 Å². The summed E-state index contributed by atoms with van der Waals surface area (Å²) in [6.07, 6.45) is 0. The molecule has 1 fully saturated rings. The molecule has 0 bridgehead atoms. The van der Waals surface area contributed by atoms with E-state index < -0.39 is 12.5 Å². The molecule has 0 unspecified atom stereocenters. The number of piperazine rings is 1. The van der Waals surface area contributed by atoms with Gasteiger partial charge in [-0.2, -0.15) is 0 Å². The van der Waals surface area contributed by atoms with Crippen molar-refractivity contribution in [3.05, 3.63) is 17.3 Å². The van der Waals surface area contributed by atoms with Crippen LogP contribution in [-0.2, 0) is 4.79 Å². The maximum atomic E-state index is 11.6. The monoisotopic (exact) mass is 336 g/mol. The van der Waals surface area contributed by atoms with Gasteiger partial charge in [-0.1, -0.05) is 11.6 Å². The van der Waals surface area contributed by atoms with Crippen LogP contribution in [0.2, 0.25) is 5.15 Å². The van der Waals surface area contributed by atoms with E-state index in [4.69, 9.17) is 16.7 Å². The Balaban J connectivity index is 2.03. The highest BCUT2D eigenvalue weighted by atomic mass is 35.5. The highest BCUT2D eigenvalue weighted by molar-refractivity contribution is 6.29. The van der Waals surface area contributed by atoms with Gasteiger partial charge in [-0.05, 0) is 19.2 Å². The summed E-state index contributed by atoms with van der Waals surface area (Å²) in [7, 11) is 2.06. The van der Waals surface area contributed by atoms with Crippen LogP contribution in [0.3, 0.4) is 0 Å². The number of nitrogens with one attached hydrogen (secondary N) is 1. The molecule has 0 saturated carbocycles. The molecule has 1 aliphatic rings. The standard InChI is InChI=1S/C14H17ClN6O2/c1-20-4-6-21(7-5-20)14-13(18-11(23)8-22)19-12-9(16-14)2-3-10(15)17-12/h2-3,22H,4-8H2,1H3,(H,17,18,19,23). The summed E-state index contributed by atoms with van der Waals surface area (Å²) < 4.78 is 0. The lowest BCUT2D eigenvalue weighted by Crippen LogP contribution is -2.45. The summed E-state index contributed by atoms with van der Waals surface area (Å²) in [5.74, 6) is 0.323. The first-order valence-electron chi connectivity index (χ1n) is 7.25. The van der Waals surface area contributed by atoms with Gasteiger partial charge in [-0.3, -0.25) is 4.79 Å². The summed E-state index contributed by atoms with van der Waals surface area (Å²) in [5.41, 5.74) is 0.953. The molecule has 2 aromatic heterocycles. The van der Waals surface area contributed by atoms with Crippen LogP contribution >= 0.6 is 11.6 Å². The van der Waals surface area contributed by atoms with Gasteiger partial charge in [0.1, 0.15) is 17.3 Å². The van der Waals surface area contributed by atoms with Gasteiger partial charge in [-0.25, -0.2) is 15.0 Å². The Hall–Kier alpha value is -2.03. The fraction of sp³-hybridized carbons (Fsp3) is 0.429. The first-order valence-corrected chi connectivity index (χ1v) is 7.63. The Labute approximate surface area is 138 Å². The van der Waals surface area contributed by atoms with E-state index in [-0.39, 0.29) is 5.82 Å². The van der Waals surface area contributed by atoms with Gasteiger partial charge in [0.05, 0.1) is 0 Å². The molecular formula is C14H17ClN6O2. The van der Waals surface area contributed by atoms with Gasteiger partial charge in [0.15, 0.2) is 17.3 Å². The minimum Gasteiger partial charge on any atom is -0.387 e. The highest BCUT2D eigenvalue weighted by Crippen LogP contribution is 2.26. The number of pyridine rings is 1. The Morgan fingerprint density at radius 1 is 1.26 bits per heavy atom. The summed E-state index contributed by atoms with van der Waals surface area (Å²) in [6, 6.07) is 3.40. The first kappa shape index (κ1) is 15.9. The summed E-state index contributed by atoms with van der Waals surface area (Å²) in [4.78, 5) is 28.9. The summed E-state index contributed by atoms with van der Waals surface area (Å²) >= 11 is 5.89. The summed E-state index contributed by atoms with van der Waals surface area (Å²) in [6.45, 7) is 2.72. The number of amides is 1. The number of anilines is 2. The fourth-order valence-electron chi connectivity index (χ4n) is 2.40. The Kier molecular flexibility index (Phi) is 4.56. The number of hydrogen-bond acceptors (Lipinski definition) is 7. The topological polar surface area (TPSA) is 94.5 Å². The van der Waals surface area contributed by atoms with Crippen LogP contribution in [0.25, 0.3) is 11.2 Å². The van der Waals surface area contributed by atoms with Gasteiger partial charge < -0.3 is 20.2 Å². The Morgan fingerprint density at radius 3 is 2.70 bits per heavy atom. The first-order chi connectivity index (χ1) is 11.1. The highest BCUT2D eigenvalue weighted by Gasteiger charge is 2.21. The third kappa shape index (κ3) is 3.49. The van der Waals surface area contributed by atoms with Crippen LogP contribution in [0, 0.1) is 0 Å². The zero-order valence-corrected chi connectivity index (χ0v) is 13.4. The Morgan fingerprint density at radius 2 is 2.00 bits per heavy atom. The molecule has 3 rings (SSSR count). The normalized spacial score (nSPS) is 15.9. The second-order valence-corrected chi connectivity index (χ2v) is 5.76. The molecule has 1 saturated heterocycles. The smallest absolute Gasteiger partial charge is 0.251 e. The minimum atomic E-state index is -0.620. The van der Waals surface area contributed by atoms with E-state index in [9.17, 15) is 4.79 Å². The number of likely N-dealkylation sites (N-methyl/N-ethyl adjacent to an activating group) is 1. The predicted octanol–water partition coefficient (Wildman–Crippen LogP) is 0.361. The van der Waals surface area contributed by atoms with Gasteiger partial charge in [0.2, 0.25) is 0 Å². The number of carbonyl (C=O) groups is 1. The van der Waals surface area contributed by atoms with E-state index in [1.807, 2.05) is 0 Å². The van der Waals surface area contributed by atoms with Gasteiger partial charge >= 0.3 is 0 Å². The molecule has 1 aliphatic heterocycles. The van der Waals surface area contributed by atoms with E-state index in [1.165, 1.54) is 0 Å². The molecule has 2 aromatic rings. The van der Waals surface area contributed by atoms with E-state index in [2.05, 4.69) is 37.1 Å². The second-order valence-electron chi connectivity index (χ2n) is 5.37. The number of aliphatic hydroxyl groups is 1. The van der Waals surface area contributed by atoms with E-state index in [1.54, 1.807) is 12.1 Å². The fourth-order valence-corrected chi connectivity index (χ4v) is 2.55. The lowest BCUT2D eigenvalue weighted by molar-refractivity contribution is -0.118. The summed E-state index contributed by atoms with van der Waals surface area (Å²) in [5, 5.41) is 11.9. The quantitative estimate of drug-likeness (QED) is 0.781. The molecule has 1 amide bonds. The number of aromatic nitrogens is 3. The van der Waals surface area contributed by atoms with Crippen molar-refractivity contribution >= 4 is 40.3 Å². The van der Waals surface area contributed by atoms with Crippen molar-refractivity contribution in [1.82, 2.24) is 19.9 Å². The molecule has 3 heterocycles. The van der Waals surface area contributed by atoms with E-state index in [0.29, 0.717) is 22.1 Å². The third-order valence-electron chi connectivity index (χ3n) is 3.68. The molecule has 0 aromatic carbocycles. The minimum absolute atomic E-state index is 0.288. The molecule has 0 spiro atoms. The van der Waals surface area contributed by atoms with Crippen LogP contribution in [0.15, 0.2) is 12.1 Å². The van der Waals surface area contributed by atoms with E-state index in [0.717, 1.165) is 26.2 Å². The number of nitrogens with zero attached hydrogens (tertiary/aromatic N) is 5. The van der Waals surface area contributed by atoms with E-state index >= 15 is 0 Å². The molecule has 0 aliphatic carbocycles. The van der Waals surface area contributed by atoms with Crippen molar-refractivity contribution in [2.45, 2.75) is 0 Å².